The molecule has 0 spiro atoms. The molecule has 1 aromatic heterocycles. The van der Waals surface area contributed by atoms with Crippen LogP contribution in [0.3, 0.4) is 0 Å². The minimum Gasteiger partial charge on any atom is -0.360 e. The van der Waals surface area contributed by atoms with Crippen LogP contribution in [0.2, 0.25) is 25.7 Å². The lowest BCUT2D eigenvalue weighted by Gasteiger charge is -2.15. The molecule has 0 atom stereocenters. The largest absolute Gasteiger partial charge is 0.360 e. The number of hydrogen-bond acceptors (Lipinski definition) is 7. The van der Waals surface area contributed by atoms with Crippen LogP contribution in [0.15, 0.2) is 6.20 Å². The molecule has 1 heterocycles. The lowest BCUT2D eigenvalue weighted by atomic mass is 10.4. The van der Waals surface area contributed by atoms with Crippen molar-refractivity contribution in [1.82, 2.24) is 9.78 Å². The van der Waals surface area contributed by atoms with E-state index in [1.807, 2.05) is 0 Å². The fourth-order valence-corrected chi connectivity index (χ4v) is 2.55. The summed E-state index contributed by atoms with van der Waals surface area (Å²) < 4.78 is 33.2. The number of ether oxygens (including phenoxy) is 1. The first-order chi connectivity index (χ1) is 9.98. The highest BCUT2D eigenvalue weighted by atomic mass is 32.2. The van der Waals surface area contributed by atoms with Gasteiger partial charge in [0.25, 0.3) is 10.1 Å². The minimum atomic E-state index is -3.69. The normalized spacial score (nSPS) is 12.5. The Hall–Kier alpha value is -1.30. The van der Waals surface area contributed by atoms with Crippen molar-refractivity contribution in [3.8, 4) is 0 Å². The lowest BCUT2D eigenvalue weighted by Crippen LogP contribution is -2.22. The van der Waals surface area contributed by atoms with E-state index in [1.165, 1.54) is 10.9 Å². The monoisotopic (exact) mass is 351 g/mol. The second-order valence-electron chi connectivity index (χ2n) is 6.07. The van der Waals surface area contributed by atoms with Crippen LogP contribution in [0.4, 0.5) is 5.69 Å². The molecule has 1 aromatic rings. The van der Waals surface area contributed by atoms with E-state index in [1.54, 1.807) is 0 Å². The van der Waals surface area contributed by atoms with Gasteiger partial charge < -0.3 is 4.74 Å². The molecule has 0 amide bonds. The SMILES string of the molecule is C[Si](C)(C)CCOCn1cc([N+](=O)[O-])c(COS(C)(=O)=O)n1. The number of hydrogen-bond donors (Lipinski definition) is 0. The molecule has 0 aliphatic heterocycles. The third kappa shape index (κ3) is 7.11. The molecule has 0 aliphatic rings. The van der Waals surface area contributed by atoms with E-state index in [-0.39, 0.29) is 18.1 Å². The van der Waals surface area contributed by atoms with Crippen LogP contribution in [-0.4, -0.2) is 44.1 Å². The highest BCUT2D eigenvalue weighted by molar-refractivity contribution is 7.85. The molecule has 0 aliphatic carbocycles. The fraction of sp³-hybridized carbons (Fsp3) is 0.727. The zero-order valence-corrected chi connectivity index (χ0v) is 14.9. The van der Waals surface area contributed by atoms with Gasteiger partial charge in [-0.15, -0.1) is 0 Å². The van der Waals surface area contributed by atoms with Crippen LogP contribution in [0.25, 0.3) is 0 Å². The minimum absolute atomic E-state index is 0.0516. The Morgan fingerprint density at radius 2 is 2.05 bits per heavy atom. The molecule has 0 bridgehead atoms. The zero-order chi connectivity index (χ0) is 17.0. The highest BCUT2D eigenvalue weighted by Gasteiger charge is 2.21. The van der Waals surface area contributed by atoms with Crippen LogP contribution in [0, 0.1) is 10.1 Å². The van der Waals surface area contributed by atoms with E-state index >= 15 is 0 Å². The molecule has 0 N–H and O–H groups in total. The van der Waals surface area contributed by atoms with Crippen LogP contribution >= 0.6 is 0 Å². The molecule has 0 saturated carbocycles. The van der Waals surface area contributed by atoms with Gasteiger partial charge in [0, 0.05) is 14.7 Å². The summed E-state index contributed by atoms with van der Waals surface area (Å²) in [4.78, 5) is 10.3. The summed E-state index contributed by atoms with van der Waals surface area (Å²) in [6, 6.07) is 0.973. The molecule has 0 unspecified atom stereocenters. The van der Waals surface area contributed by atoms with Crippen molar-refractivity contribution in [3.05, 3.63) is 22.0 Å². The summed E-state index contributed by atoms with van der Waals surface area (Å²) in [5, 5.41) is 14.9. The first-order valence-electron chi connectivity index (χ1n) is 6.61. The molecule has 0 saturated heterocycles. The maximum absolute atomic E-state index is 10.9. The van der Waals surface area contributed by atoms with Crippen molar-refractivity contribution in [2.45, 2.75) is 39.0 Å². The Morgan fingerprint density at radius 1 is 1.41 bits per heavy atom. The summed E-state index contributed by atoms with van der Waals surface area (Å²) in [5.74, 6) is 0. The average molecular weight is 351 g/mol. The third-order valence-corrected chi connectivity index (χ3v) is 4.89. The Bertz CT molecular complexity index is 622. The van der Waals surface area contributed by atoms with Crippen molar-refractivity contribution in [2.75, 3.05) is 12.9 Å². The summed E-state index contributed by atoms with van der Waals surface area (Å²) in [6.07, 6.45) is 2.07. The van der Waals surface area contributed by atoms with Gasteiger partial charge in [0.1, 0.15) is 19.5 Å². The van der Waals surface area contributed by atoms with E-state index in [9.17, 15) is 18.5 Å². The Morgan fingerprint density at radius 3 is 2.55 bits per heavy atom. The maximum atomic E-state index is 10.9. The van der Waals surface area contributed by atoms with Gasteiger partial charge in [-0.25, -0.2) is 4.68 Å². The molecule has 1 rings (SSSR count). The molecule has 22 heavy (non-hydrogen) atoms. The van der Waals surface area contributed by atoms with Crippen molar-refractivity contribution in [1.29, 1.82) is 0 Å². The Balaban J connectivity index is 2.67. The van der Waals surface area contributed by atoms with E-state index in [2.05, 4.69) is 28.9 Å². The van der Waals surface area contributed by atoms with E-state index < -0.39 is 29.7 Å². The predicted molar refractivity (Wildman–Crippen MR) is 82.6 cm³/mol. The molecule has 9 nitrogen and oxygen atoms in total. The van der Waals surface area contributed by atoms with E-state index in [0.29, 0.717) is 6.61 Å². The molecule has 0 aromatic carbocycles. The topological polar surface area (TPSA) is 114 Å². The molecular weight excluding hydrogens is 330 g/mol. The highest BCUT2D eigenvalue weighted by Crippen LogP contribution is 2.18. The van der Waals surface area contributed by atoms with Crippen molar-refractivity contribution < 1.29 is 22.3 Å². The fourth-order valence-electron chi connectivity index (χ4n) is 1.47. The molecule has 126 valence electrons. The van der Waals surface area contributed by atoms with Gasteiger partial charge in [-0.05, 0) is 6.04 Å². The molecule has 11 heteroatoms. The van der Waals surface area contributed by atoms with Gasteiger partial charge in [-0.3, -0.25) is 14.3 Å². The lowest BCUT2D eigenvalue weighted by molar-refractivity contribution is -0.385. The summed E-state index contributed by atoms with van der Waals surface area (Å²) >= 11 is 0. The number of aromatic nitrogens is 2. The standard InChI is InChI=1S/C11H21N3O6SSi/c1-21(17,18)20-8-10-11(14(15)16)7-13(12-10)9-19-5-6-22(2,3)4/h7H,5-6,8-9H2,1-4H3. The summed E-state index contributed by atoms with van der Waals surface area (Å²) in [7, 11) is -4.89. The van der Waals surface area contributed by atoms with Gasteiger partial charge in [-0.2, -0.15) is 13.5 Å². The number of rotatable bonds is 9. The first kappa shape index (κ1) is 18.7. The maximum Gasteiger partial charge on any atom is 0.312 e. The van der Waals surface area contributed by atoms with Crippen molar-refractivity contribution >= 4 is 23.9 Å². The van der Waals surface area contributed by atoms with Gasteiger partial charge in [0.2, 0.25) is 0 Å². The zero-order valence-electron chi connectivity index (χ0n) is 13.1. The second-order valence-corrected chi connectivity index (χ2v) is 13.3. The molecule has 0 fully saturated rings. The molecule has 0 radical (unpaired) electrons. The first-order valence-corrected chi connectivity index (χ1v) is 12.1. The van der Waals surface area contributed by atoms with Crippen LogP contribution < -0.4 is 0 Å². The van der Waals surface area contributed by atoms with Crippen LogP contribution in [0.1, 0.15) is 5.69 Å². The number of nitrogens with zero attached hydrogens (tertiary/aromatic N) is 3. The van der Waals surface area contributed by atoms with Crippen LogP contribution in [0.5, 0.6) is 0 Å². The van der Waals surface area contributed by atoms with Crippen molar-refractivity contribution in [2.24, 2.45) is 0 Å². The average Bonchev–Trinajstić information content (AvgIpc) is 2.73. The van der Waals surface area contributed by atoms with Crippen LogP contribution in [-0.2, 0) is 32.4 Å². The predicted octanol–water partition coefficient (Wildman–Crippen LogP) is 1.58. The Kier molecular flexibility index (Phi) is 6.23. The second kappa shape index (κ2) is 7.31. The smallest absolute Gasteiger partial charge is 0.312 e. The van der Waals surface area contributed by atoms with Gasteiger partial charge >= 0.3 is 5.69 Å². The van der Waals surface area contributed by atoms with E-state index in [4.69, 9.17) is 4.74 Å². The van der Waals surface area contributed by atoms with E-state index in [0.717, 1.165) is 12.3 Å². The molecular formula is C11H21N3O6SSi. The summed E-state index contributed by atoms with van der Waals surface area (Å²) in [5.41, 5.74) is -0.346. The third-order valence-electron chi connectivity index (χ3n) is 2.64. The summed E-state index contributed by atoms with van der Waals surface area (Å²) in [6.45, 7) is 6.81. The van der Waals surface area contributed by atoms with Crippen molar-refractivity contribution in [3.63, 3.8) is 0 Å². The Labute approximate surface area is 130 Å². The quantitative estimate of drug-likeness (QED) is 0.218. The van der Waals surface area contributed by atoms with Gasteiger partial charge in [0.15, 0.2) is 5.69 Å². The number of nitro groups is 1. The van der Waals surface area contributed by atoms with Gasteiger partial charge in [0.05, 0.1) is 11.2 Å². The van der Waals surface area contributed by atoms with Gasteiger partial charge in [-0.1, -0.05) is 19.6 Å².